The Hall–Kier alpha value is -2.18. The van der Waals surface area contributed by atoms with Crippen LogP contribution in [0.2, 0.25) is 0 Å². The van der Waals surface area contributed by atoms with Gasteiger partial charge in [0.15, 0.2) is 5.13 Å². The highest BCUT2D eigenvalue weighted by molar-refractivity contribution is 7.89. The number of thiophene rings is 1. The lowest BCUT2D eigenvalue weighted by Crippen LogP contribution is -2.27. The standard InChI is InChI=1S/C20H18N4O3S4/c25-18(9-14-12-29-19(21-14)13-5-8-28-11-13)23-20-22-16-4-3-15(10-17(16)30-20)31(26,27)24-6-1-2-7-24/h3-5,8,10-12H,1-2,6-7,9H2,(H,22,23,25). The maximum atomic E-state index is 12.8. The summed E-state index contributed by atoms with van der Waals surface area (Å²) in [4.78, 5) is 21.7. The molecule has 1 saturated heterocycles. The minimum Gasteiger partial charge on any atom is -0.302 e. The number of thiazole rings is 2. The molecule has 7 nitrogen and oxygen atoms in total. The van der Waals surface area contributed by atoms with Gasteiger partial charge in [-0.1, -0.05) is 11.3 Å². The zero-order valence-corrected chi connectivity index (χ0v) is 19.5. The molecule has 160 valence electrons. The summed E-state index contributed by atoms with van der Waals surface area (Å²) >= 11 is 4.40. The van der Waals surface area contributed by atoms with Crippen molar-refractivity contribution in [2.45, 2.75) is 24.2 Å². The van der Waals surface area contributed by atoms with Crippen molar-refractivity contribution in [1.82, 2.24) is 14.3 Å². The van der Waals surface area contributed by atoms with Gasteiger partial charge in [0.2, 0.25) is 15.9 Å². The maximum absolute atomic E-state index is 12.8. The molecule has 0 radical (unpaired) electrons. The summed E-state index contributed by atoms with van der Waals surface area (Å²) in [6, 6.07) is 6.93. The number of nitrogens with zero attached hydrogens (tertiary/aromatic N) is 3. The van der Waals surface area contributed by atoms with Crippen molar-refractivity contribution in [1.29, 1.82) is 0 Å². The van der Waals surface area contributed by atoms with Gasteiger partial charge in [0.1, 0.15) is 5.01 Å². The summed E-state index contributed by atoms with van der Waals surface area (Å²) in [6.45, 7) is 1.13. The Labute approximate surface area is 191 Å². The van der Waals surface area contributed by atoms with Crippen LogP contribution < -0.4 is 5.32 Å². The van der Waals surface area contributed by atoms with E-state index in [2.05, 4.69) is 15.3 Å². The predicted octanol–water partition coefficient (Wildman–Crippen LogP) is 4.45. The van der Waals surface area contributed by atoms with E-state index in [0.29, 0.717) is 29.4 Å². The van der Waals surface area contributed by atoms with Gasteiger partial charge in [0, 0.05) is 29.4 Å². The van der Waals surface area contributed by atoms with E-state index in [-0.39, 0.29) is 17.2 Å². The minimum absolute atomic E-state index is 0.158. The molecule has 1 aliphatic heterocycles. The van der Waals surface area contributed by atoms with Gasteiger partial charge in [-0.05, 0) is 42.5 Å². The fraction of sp³-hybridized carbons (Fsp3) is 0.250. The van der Waals surface area contributed by atoms with E-state index >= 15 is 0 Å². The van der Waals surface area contributed by atoms with Crippen molar-refractivity contribution in [3.8, 4) is 10.6 Å². The Morgan fingerprint density at radius 1 is 1.13 bits per heavy atom. The van der Waals surface area contributed by atoms with Gasteiger partial charge in [0.05, 0.1) is 27.2 Å². The Morgan fingerprint density at radius 3 is 2.74 bits per heavy atom. The first-order valence-electron chi connectivity index (χ1n) is 9.67. The monoisotopic (exact) mass is 490 g/mol. The van der Waals surface area contributed by atoms with Gasteiger partial charge >= 0.3 is 0 Å². The number of anilines is 1. The zero-order valence-electron chi connectivity index (χ0n) is 16.3. The molecule has 1 aromatic carbocycles. The summed E-state index contributed by atoms with van der Waals surface area (Å²) in [5, 5.41) is 10.1. The van der Waals surface area contributed by atoms with Crippen LogP contribution in [0.15, 0.2) is 45.3 Å². The lowest BCUT2D eigenvalue weighted by atomic mass is 10.3. The molecule has 4 heterocycles. The van der Waals surface area contributed by atoms with Crippen molar-refractivity contribution in [3.63, 3.8) is 0 Å². The molecule has 4 aromatic rings. The molecule has 0 unspecified atom stereocenters. The van der Waals surface area contributed by atoms with Gasteiger partial charge in [-0.2, -0.15) is 15.6 Å². The molecular formula is C20H18N4O3S4. The summed E-state index contributed by atoms with van der Waals surface area (Å²) in [5.74, 6) is -0.203. The summed E-state index contributed by atoms with van der Waals surface area (Å²) in [7, 11) is -3.48. The normalized spacial score (nSPS) is 15.0. The third-order valence-electron chi connectivity index (χ3n) is 4.97. The van der Waals surface area contributed by atoms with Gasteiger partial charge in [-0.3, -0.25) is 4.79 Å². The third kappa shape index (κ3) is 4.28. The van der Waals surface area contributed by atoms with E-state index in [0.717, 1.165) is 28.1 Å². The number of aromatic nitrogens is 2. The molecule has 1 fully saturated rings. The Balaban J connectivity index is 1.30. The van der Waals surface area contributed by atoms with Gasteiger partial charge in [-0.15, -0.1) is 11.3 Å². The van der Waals surface area contributed by atoms with E-state index in [1.165, 1.54) is 27.0 Å². The maximum Gasteiger partial charge on any atom is 0.243 e. The van der Waals surface area contributed by atoms with E-state index in [4.69, 9.17) is 0 Å². The first kappa shape index (κ1) is 20.7. The Bertz CT molecular complexity index is 1340. The number of hydrogen-bond donors (Lipinski definition) is 1. The lowest BCUT2D eigenvalue weighted by Gasteiger charge is -2.15. The van der Waals surface area contributed by atoms with Crippen LogP contribution >= 0.6 is 34.0 Å². The second kappa shape index (κ2) is 8.40. The van der Waals surface area contributed by atoms with Gasteiger partial charge < -0.3 is 5.32 Å². The quantitative estimate of drug-likeness (QED) is 0.431. The highest BCUT2D eigenvalue weighted by Crippen LogP contribution is 2.30. The van der Waals surface area contributed by atoms with Crippen LogP contribution in [-0.2, 0) is 21.2 Å². The van der Waals surface area contributed by atoms with Crippen molar-refractivity contribution < 1.29 is 13.2 Å². The molecule has 0 atom stereocenters. The van der Waals surface area contributed by atoms with E-state index in [1.54, 1.807) is 29.5 Å². The Morgan fingerprint density at radius 2 is 1.97 bits per heavy atom. The van der Waals surface area contributed by atoms with Crippen molar-refractivity contribution in [2.24, 2.45) is 0 Å². The second-order valence-electron chi connectivity index (χ2n) is 7.14. The predicted molar refractivity (Wildman–Crippen MR) is 125 cm³/mol. The first-order chi connectivity index (χ1) is 15.0. The van der Waals surface area contributed by atoms with Crippen molar-refractivity contribution >= 4 is 65.3 Å². The van der Waals surface area contributed by atoms with Crippen LogP contribution in [0.25, 0.3) is 20.8 Å². The summed E-state index contributed by atoms with van der Waals surface area (Å²) < 4.78 is 27.8. The number of fused-ring (bicyclic) bond motifs is 1. The number of sulfonamides is 1. The fourth-order valence-corrected chi connectivity index (χ4v) is 7.50. The number of nitrogens with one attached hydrogen (secondary N) is 1. The van der Waals surface area contributed by atoms with Crippen LogP contribution in [0.4, 0.5) is 5.13 Å². The van der Waals surface area contributed by atoms with Gasteiger partial charge in [0.25, 0.3) is 0 Å². The van der Waals surface area contributed by atoms with Crippen molar-refractivity contribution in [3.05, 3.63) is 46.1 Å². The topological polar surface area (TPSA) is 92.3 Å². The van der Waals surface area contributed by atoms with Crippen LogP contribution in [0, 0.1) is 0 Å². The lowest BCUT2D eigenvalue weighted by molar-refractivity contribution is -0.115. The number of amides is 1. The molecule has 1 N–H and O–H groups in total. The molecule has 3 aromatic heterocycles. The summed E-state index contributed by atoms with van der Waals surface area (Å²) in [5.41, 5.74) is 2.44. The van der Waals surface area contributed by atoms with Crippen molar-refractivity contribution in [2.75, 3.05) is 18.4 Å². The van der Waals surface area contributed by atoms with E-state index in [9.17, 15) is 13.2 Å². The molecule has 11 heteroatoms. The molecule has 1 aliphatic rings. The molecular weight excluding hydrogens is 473 g/mol. The molecule has 1 amide bonds. The molecule has 0 bridgehead atoms. The fourth-order valence-electron chi connectivity index (χ4n) is 3.43. The SMILES string of the molecule is O=C(Cc1csc(-c2ccsc2)n1)Nc1nc2ccc(S(=O)(=O)N3CCCC3)cc2s1. The number of carbonyl (C=O) groups excluding carboxylic acids is 1. The Kier molecular flexibility index (Phi) is 5.61. The van der Waals surface area contributed by atoms with Crippen LogP contribution in [0.3, 0.4) is 0 Å². The first-order valence-corrected chi connectivity index (χ1v) is 13.7. The van der Waals surface area contributed by atoms with E-state index < -0.39 is 10.0 Å². The molecule has 0 spiro atoms. The smallest absolute Gasteiger partial charge is 0.243 e. The van der Waals surface area contributed by atoms with E-state index in [1.807, 2.05) is 22.2 Å². The molecule has 31 heavy (non-hydrogen) atoms. The average molecular weight is 491 g/mol. The molecule has 5 rings (SSSR count). The number of rotatable bonds is 6. The van der Waals surface area contributed by atoms with Crippen LogP contribution in [-0.4, -0.2) is 41.7 Å². The number of benzene rings is 1. The third-order valence-corrected chi connectivity index (χ3v) is 9.42. The van der Waals surface area contributed by atoms with Crippen LogP contribution in [0.5, 0.6) is 0 Å². The number of carbonyl (C=O) groups is 1. The average Bonchev–Trinajstić information content (AvgIpc) is 3.53. The van der Waals surface area contributed by atoms with Crippen LogP contribution in [0.1, 0.15) is 18.5 Å². The molecule has 0 aliphatic carbocycles. The highest BCUT2D eigenvalue weighted by atomic mass is 32.2. The molecule has 0 saturated carbocycles. The minimum atomic E-state index is -3.48. The largest absolute Gasteiger partial charge is 0.302 e. The highest BCUT2D eigenvalue weighted by Gasteiger charge is 2.27. The number of hydrogen-bond acceptors (Lipinski definition) is 8. The summed E-state index contributed by atoms with van der Waals surface area (Å²) in [6.07, 6.45) is 1.95. The van der Waals surface area contributed by atoms with Gasteiger partial charge in [-0.25, -0.2) is 18.4 Å². The zero-order chi connectivity index (χ0) is 21.4. The second-order valence-corrected chi connectivity index (χ2v) is 11.7.